The fourth-order valence-corrected chi connectivity index (χ4v) is 0.304. The molecule has 0 spiro atoms. The molecule has 9 heavy (non-hydrogen) atoms. The standard InChI is InChI=1S/C5H11NO3/c1-3(9-2)4(6)5(7)8/h3-4H,6H2,1-2H3,(H,7,8)/t3-,4+/m1/s1/i2D. The first-order valence-electron chi connectivity index (χ1n) is 3.19. The van der Waals surface area contributed by atoms with Crippen LogP contribution in [0.4, 0.5) is 0 Å². The minimum absolute atomic E-state index is 0.262. The van der Waals surface area contributed by atoms with Gasteiger partial charge >= 0.3 is 5.97 Å². The van der Waals surface area contributed by atoms with Crippen LogP contribution in [-0.2, 0) is 9.53 Å². The van der Waals surface area contributed by atoms with Crippen LogP contribution in [-0.4, -0.2) is 30.3 Å². The van der Waals surface area contributed by atoms with Crippen LogP contribution >= 0.6 is 0 Å². The van der Waals surface area contributed by atoms with E-state index in [1.54, 1.807) is 0 Å². The lowest BCUT2D eigenvalue weighted by molar-refractivity contribution is -0.141. The molecule has 0 aliphatic carbocycles. The average molecular weight is 134 g/mol. The predicted octanol–water partition coefficient (Wildman–Crippen LogP) is -0.567. The van der Waals surface area contributed by atoms with Crippen molar-refractivity contribution in [2.45, 2.75) is 19.1 Å². The molecule has 0 aliphatic heterocycles. The summed E-state index contributed by atoms with van der Waals surface area (Å²) in [6, 6.07) is -1.04. The van der Waals surface area contributed by atoms with Crippen molar-refractivity contribution in [1.29, 1.82) is 0 Å². The lowest BCUT2D eigenvalue weighted by atomic mass is 10.2. The topological polar surface area (TPSA) is 72.5 Å². The number of methoxy groups -OCH3 is 1. The van der Waals surface area contributed by atoms with Gasteiger partial charge in [-0.1, -0.05) is 0 Å². The summed E-state index contributed by atoms with van der Waals surface area (Å²) in [6.07, 6.45) is -0.602. The van der Waals surface area contributed by atoms with Crippen LogP contribution in [0.15, 0.2) is 0 Å². The van der Waals surface area contributed by atoms with Gasteiger partial charge in [-0.3, -0.25) is 4.79 Å². The molecule has 0 aromatic heterocycles. The Kier molecular flexibility index (Phi) is 2.48. The summed E-state index contributed by atoms with van der Waals surface area (Å²) >= 11 is 0. The Morgan fingerprint density at radius 2 is 2.56 bits per heavy atom. The van der Waals surface area contributed by atoms with Crippen molar-refractivity contribution in [3.8, 4) is 0 Å². The largest absolute Gasteiger partial charge is 0.480 e. The number of hydrogen-bond donors (Lipinski definition) is 2. The van der Waals surface area contributed by atoms with Crippen LogP contribution in [0, 0.1) is 0 Å². The molecule has 4 nitrogen and oxygen atoms in total. The molecule has 0 saturated heterocycles. The number of hydrogen-bond acceptors (Lipinski definition) is 3. The monoisotopic (exact) mass is 134 g/mol. The summed E-state index contributed by atoms with van der Waals surface area (Å²) in [4.78, 5) is 10.1. The Bertz CT molecular complexity index is 119. The number of nitrogens with two attached hydrogens (primary N) is 1. The van der Waals surface area contributed by atoms with Gasteiger partial charge in [0.15, 0.2) is 0 Å². The molecule has 0 bridgehead atoms. The van der Waals surface area contributed by atoms with Gasteiger partial charge in [-0.2, -0.15) is 0 Å². The van der Waals surface area contributed by atoms with E-state index in [0.717, 1.165) is 0 Å². The first kappa shape index (κ1) is 6.51. The van der Waals surface area contributed by atoms with Crippen LogP contribution in [0.1, 0.15) is 8.29 Å². The van der Waals surface area contributed by atoms with Gasteiger partial charge in [0.1, 0.15) is 6.04 Å². The number of carboxylic acids is 1. The Labute approximate surface area is 55.0 Å². The van der Waals surface area contributed by atoms with E-state index in [9.17, 15) is 4.79 Å². The number of carboxylic acid groups (broad SMARTS) is 1. The zero-order chi connectivity index (χ0) is 8.15. The fourth-order valence-electron chi connectivity index (χ4n) is 0.304. The summed E-state index contributed by atoms with van der Waals surface area (Å²) < 4.78 is 11.2. The SMILES string of the molecule is [2H]CO[C@H](C)[C@H](N)C(=O)O. The summed E-state index contributed by atoms with van der Waals surface area (Å²) in [5, 5.41) is 8.31. The van der Waals surface area contributed by atoms with Crippen LogP contribution in [0.3, 0.4) is 0 Å². The van der Waals surface area contributed by atoms with Crippen molar-refractivity contribution in [1.82, 2.24) is 0 Å². The second-order valence-corrected chi connectivity index (χ2v) is 1.74. The Balaban J connectivity index is 3.69. The molecule has 0 aromatic carbocycles. The zero-order valence-corrected chi connectivity index (χ0v) is 5.20. The van der Waals surface area contributed by atoms with Gasteiger partial charge in [0.25, 0.3) is 0 Å². The Morgan fingerprint density at radius 3 is 2.89 bits per heavy atom. The summed E-state index contributed by atoms with van der Waals surface area (Å²) in [6.45, 7) is 1.52. The summed E-state index contributed by atoms with van der Waals surface area (Å²) in [5.41, 5.74) is 5.14. The second kappa shape index (κ2) is 3.42. The summed E-state index contributed by atoms with van der Waals surface area (Å²) in [5.74, 6) is -1.11. The number of rotatable bonds is 3. The van der Waals surface area contributed by atoms with E-state index in [0.29, 0.717) is 0 Å². The van der Waals surface area contributed by atoms with Crippen molar-refractivity contribution in [2.24, 2.45) is 5.73 Å². The van der Waals surface area contributed by atoms with E-state index in [1.165, 1.54) is 6.92 Å². The van der Waals surface area contributed by atoms with Gasteiger partial charge < -0.3 is 15.6 Å². The molecule has 0 heterocycles. The first-order valence-corrected chi connectivity index (χ1v) is 2.48. The molecule has 2 atom stereocenters. The molecular formula is C5H11NO3. The van der Waals surface area contributed by atoms with Gasteiger partial charge in [0.05, 0.1) is 7.47 Å². The van der Waals surface area contributed by atoms with E-state index < -0.39 is 18.1 Å². The van der Waals surface area contributed by atoms with E-state index >= 15 is 0 Å². The summed E-state index contributed by atoms with van der Waals surface area (Å²) in [7, 11) is -0.262. The quantitative estimate of drug-likeness (QED) is 0.542. The number of ether oxygens (including phenoxy) is 1. The fraction of sp³-hybridized carbons (Fsp3) is 0.800. The van der Waals surface area contributed by atoms with E-state index in [-0.39, 0.29) is 7.09 Å². The van der Waals surface area contributed by atoms with Gasteiger partial charge in [-0.15, -0.1) is 0 Å². The van der Waals surface area contributed by atoms with Gasteiger partial charge in [-0.25, -0.2) is 0 Å². The molecule has 0 aromatic rings. The molecule has 0 rings (SSSR count). The molecule has 0 unspecified atom stereocenters. The lowest BCUT2D eigenvalue weighted by Gasteiger charge is -2.12. The highest BCUT2D eigenvalue weighted by Crippen LogP contribution is 1.92. The van der Waals surface area contributed by atoms with Crippen LogP contribution < -0.4 is 5.73 Å². The molecule has 0 aliphatic rings. The lowest BCUT2D eigenvalue weighted by Crippen LogP contribution is -2.40. The van der Waals surface area contributed by atoms with Gasteiger partial charge in [0, 0.05) is 7.09 Å². The van der Waals surface area contributed by atoms with Gasteiger partial charge in [0.2, 0.25) is 0 Å². The minimum Gasteiger partial charge on any atom is -0.480 e. The van der Waals surface area contributed by atoms with Crippen LogP contribution in [0.2, 0.25) is 0 Å². The second-order valence-electron chi connectivity index (χ2n) is 1.74. The molecule has 0 fully saturated rings. The van der Waals surface area contributed by atoms with Crippen molar-refractivity contribution >= 4 is 5.97 Å². The highest BCUT2D eigenvalue weighted by molar-refractivity contribution is 5.73. The van der Waals surface area contributed by atoms with Crippen molar-refractivity contribution in [3.63, 3.8) is 0 Å². The number of carbonyl (C=O) groups is 1. The smallest absolute Gasteiger partial charge is 0.323 e. The third kappa shape index (κ3) is 2.43. The van der Waals surface area contributed by atoms with E-state index in [1.807, 2.05) is 0 Å². The van der Waals surface area contributed by atoms with E-state index in [2.05, 4.69) is 4.74 Å². The number of aliphatic carboxylic acids is 1. The van der Waals surface area contributed by atoms with Crippen molar-refractivity contribution < 1.29 is 16.0 Å². The van der Waals surface area contributed by atoms with Crippen molar-refractivity contribution in [2.75, 3.05) is 7.09 Å². The normalized spacial score (nSPS) is 18.2. The molecule has 3 N–H and O–H groups in total. The first-order chi connectivity index (χ1) is 4.59. The third-order valence-corrected chi connectivity index (χ3v) is 1.05. The maximum absolute atomic E-state index is 10.1. The van der Waals surface area contributed by atoms with E-state index in [4.69, 9.17) is 12.2 Å². The molecule has 0 saturated carbocycles. The zero-order valence-electron chi connectivity index (χ0n) is 6.20. The van der Waals surface area contributed by atoms with Crippen LogP contribution in [0.25, 0.3) is 0 Å². The van der Waals surface area contributed by atoms with Gasteiger partial charge in [-0.05, 0) is 6.92 Å². The molecule has 0 radical (unpaired) electrons. The maximum atomic E-state index is 10.1. The average Bonchev–Trinajstić information content (AvgIpc) is 1.87. The highest BCUT2D eigenvalue weighted by Gasteiger charge is 2.18. The molecule has 0 amide bonds. The highest BCUT2D eigenvalue weighted by atomic mass is 16.5. The maximum Gasteiger partial charge on any atom is 0.323 e. The Morgan fingerprint density at radius 1 is 2.00 bits per heavy atom. The van der Waals surface area contributed by atoms with Crippen LogP contribution in [0.5, 0.6) is 0 Å². The predicted molar refractivity (Wildman–Crippen MR) is 32.1 cm³/mol. The molecule has 4 heteroatoms. The molecule has 54 valence electrons. The van der Waals surface area contributed by atoms with Crippen molar-refractivity contribution in [3.05, 3.63) is 0 Å². The third-order valence-electron chi connectivity index (χ3n) is 1.05. The Hall–Kier alpha value is -0.610. The molecular weight excluding hydrogens is 122 g/mol. The minimum atomic E-state index is -1.11.